The van der Waals surface area contributed by atoms with Crippen LogP contribution in [0.4, 0.5) is 4.79 Å². The number of halogens is 3. The zero-order chi connectivity index (χ0) is 77.1. The van der Waals surface area contributed by atoms with Crippen molar-refractivity contribution in [3.8, 4) is 0 Å². The average Bonchev–Trinajstić information content (AvgIpc) is 1.52. The number of imide groups is 1. The first-order valence-electron chi connectivity index (χ1n) is 33.9. The number of fused-ring (bicyclic) bond motifs is 1. The SMILES string of the molecule is CC[C@H](C)[C@@H]1NC(=O)[C@H](CCS(C)(=O)=O)NC(=O)C([C@@H](C)O)NCP(C)NC(=O)CC(C(=O)N2CCC[C@H]2C(=O)O)NC(=O)[C@H](Cc2cccc(Cl)c2)NC(=O)[C@H]([C@@H](C)O)NC(=O)[C@H](Cc2ccc(Cl)cc2)N(C)C(=O)[C@H](Cc2cccc(Cl)c2)NC(=O)[C@@H](Cc2c[nH]c3ccccc23)NC(=O)NC1=O. The maximum atomic E-state index is 15.6. The minimum absolute atomic E-state index is 0.0225. The molecule has 35 heteroatoms. The number of urea groups is 1. The molecule has 5 aromatic rings. The van der Waals surface area contributed by atoms with Gasteiger partial charge in [0, 0.05) is 92.1 Å². The van der Waals surface area contributed by atoms with Gasteiger partial charge in [0.1, 0.15) is 70.3 Å². The number of aliphatic hydroxyl groups is 2. The van der Waals surface area contributed by atoms with Gasteiger partial charge in [-0.3, -0.25) is 58.6 Å². The standard InChI is InChI=1S/C70H89Cl3N13O17PS/c1-8-37(2)57-64(94)83-70(101)80-51(33-43-35-74-48-19-10-9-18-47(43)48)62(92)78-52(31-42-15-12-17-46(73)29-42)67(97)85(5)55(32-40-21-23-44(71)24-22-40)63(93)82-59(39(4)88)66(96)77-50(30-41-14-11-16-45(72)28-41)61(91)79-53(68(98)86-26-13-20-54(86)69(99)100)34-56(89)84-104(6)36-75-58(38(3)87)65(95)76-49(60(90)81-57)25-27-105(7,102)103/h9-12,14-19,21-24,28-29,35,37-39,49-55,57-59,74-75,87-88H,8,13,20,25-27,30-34,36H2,1-7H3,(H,76,95)(H,77,96)(H,78,92)(H,79,91)(H,81,90)(H,82,93)(H,84,89)(H,99,100)(H2,80,83,94,101)/t37-,38+,39+,49-,50-,51+,52-,53?,54-,55-,57-,58?,59-,104?/m0/s1. The molecule has 12 amide bonds. The van der Waals surface area contributed by atoms with Crippen molar-refractivity contribution in [1.29, 1.82) is 0 Å². The van der Waals surface area contributed by atoms with E-state index in [-0.39, 0.29) is 61.4 Å². The number of sulfone groups is 1. The molecule has 3 unspecified atom stereocenters. The van der Waals surface area contributed by atoms with Crippen LogP contribution in [0.25, 0.3) is 10.9 Å². The van der Waals surface area contributed by atoms with Crippen LogP contribution in [-0.4, -0.2) is 221 Å². The lowest BCUT2D eigenvalue weighted by atomic mass is 9.97. The second kappa shape index (κ2) is 38.5. The molecule has 2 saturated heterocycles. The summed E-state index contributed by atoms with van der Waals surface area (Å²) >= 11 is 19.2. The zero-order valence-electron chi connectivity index (χ0n) is 58.7. The monoisotopic (exact) mass is 1550 g/mol. The Bertz CT molecular complexity index is 4120. The second-order valence-electron chi connectivity index (χ2n) is 26.3. The van der Waals surface area contributed by atoms with Crippen LogP contribution < -0.4 is 52.9 Å². The number of rotatable bonds is 17. The number of nitrogens with one attached hydrogen (secondary N) is 11. The average molecular weight is 1550 g/mol. The molecule has 4 aromatic carbocycles. The fourth-order valence-electron chi connectivity index (χ4n) is 12.1. The van der Waals surface area contributed by atoms with Gasteiger partial charge < -0.3 is 72.4 Å². The van der Waals surface area contributed by atoms with E-state index >= 15 is 14.4 Å². The van der Waals surface area contributed by atoms with E-state index in [0.717, 1.165) is 23.0 Å². The summed E-state index contributed by atoms with van der Waals surface area (Å²) in [6.45, 7) is 7.03. The molecule has 0 saturated carbocycles. The molecule has 0 aliphatic carbocycles. The van der Waals surface area contributed by atoms with Crippen LogP contribution in [0, 0.1) is 5.92 Å². The first-order chi connectivity index (χ1) is 49.6. The summed E-state index contributed by atoms with van der Waals surface area (Å²) in [5, 5.41) is 59.8. The summed E-state index contributed by atoms with van der Waals surface area (Å²) in [5.41, 5.74) is 2.26. The van der Waals surface area contributed by atoms with Gasteiger partial charge in [0.2, 0.25) is 53.2 Å². The minimum atomic E-state index is -3.85. The van der Waals surface area contributed by atoms with Crippen molar-refractivity contribution in [3.63, 3.8) is 0 Å². The van der Waals surface area contributed by atoms with Gasteiger partial charge in [-0.2, -0.15) is 0 Å². The van der Waals surface area contributed by atoms with E-state index in [1.165, 1.54) is 51.0 Å². The Morgan fingerprint density at radius 1 is 0.629 bits per heavy atom. The summed E-state index contributed by atoms with van der Waals surface area (Å²) in [7, 11) is -4.40. The molecule has 105 heavy (non-hydrogen) atoms. The predicted molar refractivity (Wildman–Crippen MR) is 393 cm³/mol. The van der Waals surface area contributed by atoms with Gasteiger partial charge in [-0.05, 0) is 110 Å². The van der Waals surface area contributed by atoms with Gasteiger partial charge in [-0.15, -0.1) is 0 Å². The summed E-state index contributed by atoms with van der Waals surface area (Å²) in [6, 6.07) is 7.57. The number of amides is 12. The summed E-state index contributed by atoms with van der Waals surface area (Å²) < 4.78 is 25.3. The predicted octanol–water partition coefficient (Wildman–Crippen LogP) is 2.11. The number of likely N-dealkylation sites (N-methyl/N-ethyl adjacent to an activating group) is 1. The van der Waals surface area contributed by atoms with Crippen molar-refractivity contribution in [1.82, 2.24) is 67.7 Å². The molecule has 7 rings (SSSR count). The van der Waals surface area contributed by atoms with Gasteiger partial charge in [-0.25, -0.2) is 18.0 Å². The molecule has 30 nitrogen and oxygen atoms in total. The molecular weight excluding hydrogens is 1460 g/mol. The molecule has 2 aliphatic rings. The number of aliphatic hydroxyl groups excluding tert-OH is 2. The number of nitrogens with zero attached hydrogens (tertiary/aromatic N) is 2. The summed E-state index contributed by atoms with van der Waals surface area (Å²) in [5.74, 6) is -13.3. The van der Waals surface area contributed by atoms with E-state index in [2.05, 4.69) is 57.9 Å². The molecule has 568 valence electrons. The molecular formula is C70H89Cl3N13O17PS. The van der Waals surface area contributed by atoms with E-state index in [0.29, 0.717) is 38.2 Å². The smallest absolute Gasteiger partial charge is 0.326 e. The number of carbonyl (C=O) groups excluding carboxylic acids is 11. The second-order valence-corrected chi connectivity index (χ2v) is 31.9. The highest BCUT2D eigenvalue weighted by Crippen LogP contribution is 2.27. The highest BCUT2D eigenvalue weighted by atomic mass is 35.5. The first-order valence-corrected chi connectivity index (χ1v) is 39.1. The fraction of sp³-hybridized carbons (Fsp3) is 0.457. The van der Waals surface area contributed by atoms with Gasteiger partial charge >= 0.3 is 12.0 Å². The van der Waals surface area contributed by atoms with Crippen LogP contribution in [-0.2, 0) is 88.3 Å². The Kier molecular flexibility index (Phi) is 30.6. The third kappa shape index (κ3) is 24.4. The third-order valence-electron chi connectivity index (χ3n) is 18.0. The number of hydrogen-bond acceptors (Lipinski definition) is 17. The topological polar surface area (TPSA) is 442 Å². The van der Waals surface area contributed by atoms with Crippen molar-refractivity contribution < 1.29 is 81.3 Å². The highest BCUT2D eigenvalue weighted by Gasteiger charge is 2.42. The maximum Gasteiger partial charge on any atom is 0.326 e. The largest absolute Gasteiger partial charge is 0.480 e. The van der Waals surface area contributed by atoms with Crippen molar-refractivity contribution >= 4 is 135 Å². The van der Waals surface area contributed by atoms with Gasteiger partial charge in [0.15, 0.2) is 0 Å². The van der Waals surface area contributed by atoms with E-state index in [1.54, 1.807) is 86.8 Å². The van der Waals surface area contributed by atoms with Gasteiger partial charge in [0.25, 0.3) is 5.91 Å². The van der Waals surface area contributed by atoms with E-state index in [1.807, 2.05) is 0 Å². The normalized spacial score (nSPS) is 24.9. The van der Waals surface area contributed by atoms with Crippen molar-refractivity contribution in [2.24, 2.45) is 5.92 Å². The van der Waals surface area contributed by atoms with Crippen LogP contribution in [0.3, 0.4) is 0 Å². The Morgan fingerprint density at radius 2 is 1.20 bits per heavy atom. The lowest BCUT2D eigenvalue weighted by Gasteiger charge is -2.33. The number of benzene rings is 4. The maximum absolute atomic E-state index is 15.6. The van der Waals surface area contributed by atoms with Crippen molar-refractivity contribution in [3.05, 3.63) is 141 Å². The highest BCUT2D eigenvalue weighted by molar-refractivity contribution is 7.90. The number of carboxylic acid groups (broad SMARTS) is 1. The number of carboxylic acids is 1. The fourth-order valence-corrected chi connectivity index (χ4v) is 14.4. The van der Waals surface area contributed by atoms with E-state index < -0.39 is 193 Å². The number of aromatic nitrogens is 1. The van der Waals surface area contributed by atoms with E-state index in [4.69, 9.17) is 34.8 Å². The molecule has 3 heterocycles. The van der Waals surface area contributed by atoms with Crippen LogP contribution >= 0.6 is 42.9 Å². The van der Waals surface area contributed by atoms with Crippen LogP contribution in [0.15, 0.2) is 103 Å². The number of likely N-dealkylation sites (tertiary alicyclic amines) is 1. The number of hydrogen-bond donors (Lipinski definition) is 14. The molecule has 0 bridgehead atoms. The third-order valence-corrected chi connectivity index (χ3v) is 21.0. The van der Waals surface area contributed by atoms with Crippen molar-refractivity contribution in [2.75, 3.05) is 38.6 Å². The quantitative estimate of drug-likeness (QED) is 0.0593. The minimum Gasteiger partial charge on any atom is -0.480 e. The molecule has 0 spiro atoms. The number of aromatic amines is 1. The number of H-pyrrole nitrogens is 1. The van der Waals surface area contributed by atoms with Gasteiger partial charge in [0.05, 0.1) is 24.4 Å². The molecule has 1 aromatic heterocycles. The summed E-state index contributed by atoms with van der Waals surface area (Å²) in [4.78, 5) is 180. The lowest BCUT2D eigenvalue weighted by molar-refractivity contribution is -0.149. The van der Waals surface area contributed by atoms with E-state index in [9.17, 15) is 66.9 Å². The Labute approximate surface area is 623 Å². The Morgan fingerprint density at radius 3 is 1.81 bits per heavy atom. The Balaban J connectivity index is 1.34. The molecule has 2 fully saturated rings. The molecule has 14 N–H and O–H groups in total. The van der Waals surface area contributed by atoms with Crippen molar-refractivity contribution in [2.45, 2.75) is 158 Å². The first kappa shape index (κ1) is 83.5. The lowest BCUT2D eigenvalue weighted by Crippen LogP contribution is -2.63. The molecule has 14 atom stereocenters. The number of carbonyl (C=O) groups is 12. The Hall–Kier alpha value is -8.81. The zero-order valence-corrected chi connectivity index (χ0v) is 62.7. The number of aliphatic carboxylic acids is 1. The van der Waals surface area contributed by atoms with Crippen LogP contribution in [0.2, 0.25) is 15.1 Å². The molecule has 0 radical (unpaired) electrons. The van der Waals surface area contributed by atoms with Crippen LogP contribution in [0.1, 0.15) is 82.1 Å². The van der Waals surface area contributed by atoms with Gasteiger partial charge in [-0.1, -0.05) is 110 Å². The summed E-state index contributed by atoms with van der Waals surface area (Å²) in [6.07, 6.45) is -3.41. The van der Waals surface area contributed by atoms with Crippen LogP contribution in [0.5, 0.6) is 0 Å². The molecule has 2 aliphatic heterocycles. The number of para-hydroxylation sites is 1.